The van der Waals surface area contributed by atoms with Crippen molar-refractivity contribution in [3.8, 4) is 0 Å². The summed E-state index contributed by atoms with van der Waals surface area (Å²) >= 11 is 0. The van der Waals surface area contributed by atoms with Gasteiger partial charge in [-0.25, -0.2) is 13.2 Å². The SMILES string of the molecule is CCS(=O)(=O)NC1=C(NC(C)=O)[C@H]([C@H](O)[C@H](O)CO)OC(C(=O)O)=C1. The zero-order valence-electron chi connectivity index (χ0n) is 13.5. The highest BCUT2D eigenvalue weighted by atomic mass is 32.2. The van der Waals surface area contributed by atoms with E-state index < -0.39 is 52.6 Å². The third-order valence-corrected chi connectivity index (χ3v) is 4.45. The van der Waals surface area contributed by atoms with Crippen molar-refractivity contribution in [2.45, 2.75) is 32.2 Å². The molecule has 0 saturated heterocycles. The van der Waals surface area contributed by atoms with Gasteiger partial charge in [0, 0.05) is 13.0 Å². The van der Waals surface area contributed by atoms with Crippen LogP contribution in [0.3, 0.4) is 0 Å². The van der Waals surface area contributed by atoms with Crippen LogP contribution in [0, 0.1) is 0 Å². The van der Waals surface area contributed by atoms with Gasteiger partial charge >= 0.3 is 5.97 Å². The molecule has 0 bridgehead atoms. The Labute approximate surface area is 143 Å². The molecule has 142 valence electrons. The molecular weight excluding hydrogens is 360 g/mol. The molecule has 1 heterocycles. The summed E-state index contributed by atoms with van der Waals surface area (Å²) in [6.45, 7) is 1.56. The lowest BCUT2D eigenvalue weighted by Crippen LogP contribution is -2.48. The number of rotatable bonds is 8. The first-order valence-corrected chi connectivity index (χ1v) is 8.78. The number of aliphatic hydroxyl groups excluding tert-OH is 3. The molecule has 25 heavy (non-hydrogen) atoms. The Kier molecular flexibility index (Phi) is 6.93. The van der Waals surface area contributed by atoms with Gasteiger partial charge in [0.15, 0.2) is 6.10 Å². The number of hydrogen-bond donors (Lipinski definition) is 6. The van der Waals surface area contributed by atoms with Crippen molar-refractivity contribution >= 4 is 21.9 Å². The minimum absolute atomic E-state index is 0.297. The summed E-state index contributed by atoms with van der Waals surface area (Å²) in [6.07, 6.45) is -4.39. The second-order valence-corrected chi connectivity index (χ2v) is 7.12. The number of carbonyl (C=O) groups is 2. The molecule has 0 aromatic heterocycles. The minimum Gasteiger partial charge on any atom is -0.475 e. The predicted octanol–water partition coefficient (Wildman–Crippen LogP) is -2.65. The molecule has 3 atom stereocenters. The largest absolute Gasteiger partial charge is 0.475 e. The molecule has 0 spiro atoms. The first-order chi connectivity index (χ1) is 11.5. The Morgan fingerprint density at radius 3 is 2.40 bits per heavy atom. The molecule has 12 heteroatoms. The summed E-state index contributed by atoms with van der Waals surface area (Å²) in [5, 5.41) is 40.0. The van der Waals surface area contributed by atoms with E-state index in [0.29, 0.717) is 0 Å². The molecule has 1 aliphatic heterocycles. The van der Waals surface area contributed by atoms with E-state index in [1.165, 1.54) is 6.92 Å². The fraction of sp³-hybridized carbons (Fsp3) is 0.538. The lowest BCUT2D eigenvalue weighted by molar-refractivity contribution is -0.140. The number of carboxylic acids is 1. The van der Waals surface area contributed by atoms with Crippen LogP contribution in [-0.2, 0) is 24.3 Å². The summed E-state index contributed by atoms with van der Waals surface area (Å²) < 4.78 is 30.8. The van der Waals surface area contributed by atoms with E-state index in [2.05, 4.69) is 10.0 Å². The molecule has 6 N–H and O–H groups in total. The fourth-order valence-electron chi connectivity index (χ4n) is 1.91. The lowest BCUT2D eigenvalue weighted by atomic mass is 10.0. The number of aliphatic carboxylic acids is 1. The number of aliphatic hydroxyl groups is 3. The molecule has 0 radical (unpaired) electrons. The minimum atomic E-state index is -3.86. The van der Waals surface area contributed by atoms with Crippen LogP contribution in [0.25, 0.3) is 0 Å². The van der Waals surface area contributed by atoms with Crippen molar-refractivity contribution in [1.29, 1.82) is 0 Å². The first-order valence-electron chi connectivity index (χ1n) is 7.13. The number of sulfonamides is 1. The van der Waals surface area contributed by atoms with E-state index >= 15 is 0 Å². The van der Waals surface area contributed by atoms with Gasteiger partial charge in [0.2, 0.25) is 21.7 Å². The maximum Gasteiger partial charge on any atom is 0.371 e. The normalized spacial score (nSPS) is 20.2. The second kappa shape index (κ2) is 8.29. The lowest BCUT2D eigenvalue weighted by Gasteiger charge is -2.32. The number of amides is 1. The highest BCUT2D eigenvalue weighted by molar-refractivity contribution is 7.89. The molecule has 0 saturated carbocycles. The Hall–Kier alpha value is -2.15. The van der Waals surface area contributed by atoms with Crippen LogP contribution in [0.15, 0.2) is 23.2 Å². The fourth-order valence-corrected chi connectivity index (χ4v) is 2.55. The van der Waals surface area contributed by atoms with Gasteiger partial charge in [-0.3, -0.25) is 9.52 Å². The van der Waals surface area contributed by atoms with Gasteiger partial charge in [-0.15, -0.1) is 0 Å². The summed E-state index contributed by atoms with van der Waals surface area (Å²) in [6, 6.07) is 0. The van der Waals surface area contributed by atoms with Gasteiger partial charge in [0.05, 0.1) is 23.8 Å². The van der Waals surface area contributed by atoms with Crippen molar-refractivity contribution in [3.63, 3.8) is 0 Å². The molecule has 0 aliphatic carbocycles. The van der Waals surface area contributed by atoms with Gasteiger partial charge in [-0.05, 0) is 6.92 Å². The summed E-state index contributed by atoms with van der Waals surface area (Å²) in [5.41, 5.74) is -0.635. The van der Waals surface area contributed by atoms with Crippen LogP contribution in [-0.4, -0.2) is 71.4 Å². The summed E-state index contributed by atoms with van der Waals surface area (Å²) in [4.78, 5) is 22.6. The highest BCUT2D eigenvalue weighted by Crippen LogP contribution is 2.25. The van der Waals surface area contributed by atoms with Crippen LogP contribution in [0.1, 0.15) is 13.8 Å². The van der Waals surface area contributed by atoms with E-state index in [4.69, 9.17) is 14.9 Å². The van der Waals surface area contributed by atoms with Gasteiger partial charge in [-0.2, -0.15) is 0 Å². The molecule has 0 fully saturated rings. The molecule has 1 rings (SSSR count). The van der Waals surface area contributed by atoms with E-state index in [0.717, 1.165) is 13.0 Å². The Morgan fingerprint density at radius 1 is 1.36 bits per heavy atom. The van der Waals surface area contributed by atoms with Gasteiger partial charge in [0.1, 0.15) is 12.2 Å². The summed E-state index contributed by atoms with van der Waals surface area (Å²) in [7, 11) is -3.86. The summed E-state index contributed by atoms with van der Waals surface area (Å²) in [5.74, 6) is -3.29. The second-order valence-electron chi connectivity index (χ2n) is 5.11. The monoisotopic (exact) mass is 380 g/mol. The maximum atomic E-state index is 11.8. The van der Waals surface area contributed by atoms with Crippen LogP contribution in [0.4, 0.5) is 0 Å². The average Bonchev–Trinajstić information content (AvgIpc) is 2.53. The van der Waals surface area contributed by atoms with E-state index in [1.54, 1.807) is 0 Å². The van der Waals surface area contributed by atoms with E-state index in [1.807, 2.05) is 0 Å². The van der Waals surface area contributed by atoms with Crippen molar-refractivity contribution in [1.82, 2.24) is 10.0 Å². The molecule has 1 aliphatic rings. The number of nitrogens with one attached hydrogen (secondary N) is 2. The number of hydrogen-bond acceptors (Lipinski definition) is 8. The Balaban J connectivity index is 3.49. The quantitative estimate of drug-likeness (QED) is 0.262. The van der Waals surface area contributed by atoms with Crippen LogP contribution in [0.5, 0.6) is 0 Å². The Bertz CT molecular complexity index is 698. The average molecular weight is 380 g/mol. The zero-order chi connectivity index (χ0) is 19.4. The van der Waals surface area contributed by atoms with Crippen molar-refractivity contribution < 1.29 is 43.2 Å². The first kappa shape index (κ1) is 20.9. The van der Waals surface area contributed by atoms with Crippen LogP contribution in [0.2, 0.25) is 0 Å². The molecule has 0 aromatic rings. The molecule has 0 aromatic carbocycles. The number of allylic oxidation sites excluding steroid dienone is 1. The molecule has 1 amide bonds. The number of carbonyl (C=O) groups excluding carboxylic acids is 1. The smallest absolute Gasteiger partial charge is 0.371 e. The standard InChI is InChI=1S/C13H20N2O9S/c1-3-25(22,23)15-7-4-9(13(20)21)24-12(10(7)14-6(2)17)11(19)8(18)5-16/h4,8,11-12,15-16,18-19H,3,5H2,1-2H3,(H,14,17)(H,20,21)/t8-,11-,12-/m1/s1. The maximum absolute atomic E-state index is 11.8. The number of carboxylic acid groups (broad SMARTS) is 1. The Morgan fingerprint density at radius 2 is 1.96 bits per heavy atom. The van der Waals surface area contributed by atoms with Crippen LogP contribution >= 0.6 is 0 Å². The number of ether oxygens (including phenoxy) is 1. The van der Waals surface area contributed by atoms with Gasteiger partial charge in [0.25, 0.3) is 0 Å². The van der Waals surface area contributed by atoms with Gasteiger partial charge in [-0.1, -0.05) is 0 Å². The third kappa shape index (κ3) is 5.42. The van der Waals surface area contributed by atoms with E-state index in [-0.39, 0.29) is 17.1 Å². The molecule has 11 nitrogen and oxygen atoms in total. The van der Waals surface area contributed by atoms with Crippen LogP contribution < -0.4 is 10.0 Å². The third-order valence-electron chi connectivity index (χ3n) is 3.16. The predicted molar refractivity (Wildman–Crippen MR) is 83.1 cm³/mol. The van der Waals surface area contributed by atoms with Crippen molar-refractivity contribution in [2.24, 2.45) is 0 Å². The highest BCUT2D eigenvalue weighted by Gasteiger charge is 2.38. The molecular formula is C13H20N2O9S. The zero-order valence-corrected chi connectivity index (χ0v) is 14.3. The van der Waals surface area contributed by atoms with Crippen molar-refractivity contribution in [2.75, 3.05) is 12.4 Å². The van der Waals surface area contributed by atoms with Crippen molar-refractivity contribution in [3.05, 3.63) is 23.2 Å². The molecule has 0 unspecified atom stereocenters. The van der Waals surface area contributed by atoms with E-state index in [9.17, 15) is 28.2 Å². The topological polar surface area (TPSA) is 182 Å². The van der Waals surface area contributed by atoms with Gasteiger partial charge < -0.3 is 30.5 Å².